The summed E-state index contributed by atoms with van der Waals surface area (Å²) >= 11 is 5.98. The van der Waals surface area contributed by atoms with E-state index in [0.717, 1.165) is 11.1 Å². The summed E-state index contributed by atoms with van der Waals surface area (Å²) < 4.78 is 13.4. The van der Waals surface area contributed by atoms with Gasteiger partial charge in [0.1, 0.15) is 5.82 Å². The van der Waals surface area contributed by atoms with E-state index in [1.165, 1.54) is 12.1 Å². The minimum absolute atomic E-state index is 0.00227. The normalized spacial score (nSPS) is 20.8. The number of nitrogens with one attached hydrogen (secondary N) is 1. The van der Waals surface area contributed by atoms with Crippen LogP contribution in [0.15, 0.2) is 48.5 Å². The van der Waals surface area contributed by atoms with Crippen LogP contribution in [0.2, 0.25) is 5.02 Å². The largest absolute Gasteiger partial charge is 0.350 e. The number of nitrogens with zero attached hydrogens (tertiary/aromatic N) is 2. The van der Waals surface area contributed by atoms with Crippen LogP contribution in [-0.2, 0) is 27.3 Å². The molecule has 0 bridgehead atoms. The maximum absolute atomic E-state index is 13.4. The molecule has 2 aromatic carbocycles. The maximum Gasteiger partial charge on any atom is 0.242 e. The molecule has 8 heteroatoms. The molecule has 1 N–H and O–H groups in total. The second-order valence-electron chi connectivity index (χ2n) is 8.89. The van der Waals surface area contributed by atoms with Gasteiger partial charge in [0.05, 0.1) is 6.54 Å². The topological polar surface area (TPSA) is 69.7 Å². The number of halogens is 2. The second-order valence-corrected chi connectivity index (χ2v) is 9.33. The Kier molecular flexibility index (Phi) is 6.98. The van der Waals surface area contributed by atoms with Crippen LogP contribution in [0, 0.1) is 5.82 Å². The summed E-state index contributed by atoms with van der Waals surface area (Å²) in [5, 5.41) is 3.74. The van der Waals surface area contributed by atoms with Gasteiger partial charge in [0.2, 0.25) is 17.7 Å². The van der Waals surface area contributed by atoms with E-state index in [1.807, 2.05) is 24.3 Å². The Hall–Kier alpha value is -2.93. The van der Waals surface area contributed by atoms with Crippen LogP contribution in [0.1, 0.15) is 36.8 Å². The molecule has 2 aliphatic heterocycles. The van der Waals surface area contributed by atoms with E-state index in [4.69, 9.17) is 11.6 Å². The molecule has 0 saturated carbocycles. The van der Waals surface area contributed by atoms with E-state index in [2.05, 4.69) is 5.32 Å². The van der Waals surface area contributed by atoms with E-state index >= 15 is 0 Å². The van der Waals surface area contributed by atoms with Crippen LogP contribution in [0.4, 0.5) is 4.39 Å². The molecule has 6 nitrogen and oxygen atoms in total. The van der Waals surface area contributed by atoms with Crippen molar-refractivity contribution in [2.45, 2.75) is 44.2 Å². The highest BCUT2D eigenvalue weighted by atomic mass is 35.5. The molecule has 1 atom stereocenters. The fourth-order valence-corrected chi connectivity index (χ4v) is 4.75. The molecule has 2 aliphatic rings. The van der Waals surface area contributed by atoms with E-state index in [1.54, 1.807) is 21.9 Å². The van der Waals surface area contributed by atoms with Gasteiger partial charge in [0, 0.05) is 43.0 Å². The average molecular weight is 472 g/mol. The van der Waals surface area contributed by atoms with Gasteiger partial charge < -0.3 is 15.1 Å². The summed E-state index contributed by atoms with van der Waals surface area (Å²) in [6.07, 6.45) is 2.51. The molecule has 0 aromatic heterocycles. The Labute approximate surface area is 197 Å². The first-order chi connectivity index (χ1) is 15.8. The Morgan fingerprint density at radius 1 is 1.09 bits per heavy atom. The van der Waals surface area contributed by atoms with Crippen LogP contribution < -0.4 is 5.32 Å². The van der Waals surface area contributed by atoms with Gasteiger partial charge >= 0.3 is 0 Å². The highest BCUT2D eigenvalue weighted by molar-refractivity contribution is 6.30. The van der Waals surface area contributed by atoms with Crippen molar-refractivity contribution >= 4 is 29.3 Å². The van der Waals surface area contributed by atoms with Crippen molar-refractivity contribution in [1.82, 2.24) is 15.1 Å². The number of hydrogen-bond donors (Lipinski definition) is 1. The number of rotatable bonds is 7. The zero-order valence-electron chi connectivity index (χ0n) is 18.4. The number of carbonyl (C=O) groups is 3. The molecule has 0 spiro atoms. The molecule has 174 valence electrons. The Morgan fingerprint density at radius 3 is 2.55 bits per heavy atom. The number of carbonyl (C=O) groups excluding carboxylic acids is 3. The highest BCUT2D eigenvalue weighted by Gasteiger charge is 2.38. The van der Waals surface area contributed by atoms with Crippen LogP contribution >= 0.6 is 11.6 Å². The van der Waals surface area contributed by atoms with E-state index in [-0.39, 0.29) is 36.5 Å². The number of hydrogen-bond acceptors (Lipinski definition) is 3. The van der Waals surface area contributed by atoms with Crippen LogP contribution in [-0.4, -0.2) is 52.7 Å². The van der Waals surface area contributed by atoms with Crippen molar-refractivity contribution in [3.8, 4) is 0 Å². The Morgan fingerprint density at radius 2 is 1.88 bits per heavy atom. The maximum atomic E-state index is 13.4. The average Bonchev–Trinajstić information content (AvgIpc) is 3.15. The Balaban J connectivity index is 1.33. The lowest BCUT2D eigenvalue weighted by atomic mass is 9.85. The predicted octanol–water partition coefficient (Wildman–Crippen LogP) is 3.32. The van der Waals surface area contributed by atoms with Gasteiger partial charge in [-0.1, -0.05) is 35.9 Å². The van der Waals surface area contributed by atoms with Crippen molar-refractivity contribution in [2.24, 2.45) is 0 Å². The predicted molar refractivity (Wildman–Crippen MR) is 123 cm³/mol. The lowest BCUT2D eigenvalue weighted by Gasteiger charge is -2.35. The standard InChI is InChI=1S/C25H27ClFN3O3/c26-20-6-4-18(5-7-20)15-25(10-8-22(31)28-25)11-9-23(32)30-13-12-29(24(33)17-30)16-19-2-1-3-21(27)14-19/h1-7,14H,8-13,15-17H2,(H,28,31). The van der Waals surface area contributed by atoms with Crippen molar-refractivity contribution in [3.05, 3.63) is 70.5 Å². The smallest absolute Gasteiger partial charge is 0.242 e. The summed E-state index contributed by atoms with van der Waals surface area (Å²) in [6, 6.07) is 13.7. The zero-order chi connectivity index (χ0) is 23.4. The van der Waals surface area contributed by atoms with Gasteiger partial charge in [-0.05, 0) is 54.7 Å². The first-order valence-corrected chi connectivity index (χ1v) is 11.6. The SMILES string of the molecule is O=C1CCC(CCC(=O)N2CCN(Cc3cccc(F)c3)C(=O)C2)(Cc2ccc(Cl)cc2)N1. The number of benzene rings is 2. The molecule has 33 heavy (non-hydrogen) atoms. The minimum Gasteiger partial charge on any atom is -0.350 e. The summed E-state index contributed by atoms with van der Waals surface area (Å²) in [7, 11) is 0. The zero-order valence-corrected chi connectivity index (χ0v) is 19.1. The van der Waals surface area contributed by atoms with E-state index in [0.29, 0.717) is 50.3 Å². The fourth-order valence-electron chi connectivity index (χ4n) is 4.62. The highest BCUT2D eigenvalue weighted by Crippen LogP contribution is 2.30. The molecule has 2 heterocycles. The Bertz CT molecular complexity index is 1050. The van der Waals surface area contributed by atoms with Gasteiger partial charge in [-0.25, -0.2) is 4.39 Å². The van der Waals surface area contributed by atoms with Crippen LogP contribution in [0.3, 0.4) is 0 Å². The third kappa shape index (κ3) is 5.90. The summed E-state index contributed by atoms with van der Waals surface area (Å²) in [5.41, 5.74) is 1.31. The third-order valence-electron chi connectivity index (χ3n) is 6.44. The molecule has 0 aliphatic carbocycles. The molecular weight excluding hydrogens is 445 g/mol. The van der Waals surface area contributed by atoms with Crippen molar-refractivity contribution < 1.29 is 18.8 Å². The van der Waals surface area contributed by atoms with Crippen LogP contribution in [0.5, 0.6) is 0 Å². The summed E-state index contributed by atoms with van der Waals surface area (Å²) in [4.78, 5) is 40.7. The summed E-state index contributed by atoms with van der Waals surface area (Å²) in [6.45, 7) is 1.20. The van der Waals surface area contributed by atoms with Gasteiger partial charge in [0.25, 0.3) is 0 Å². The fraction of sp³-hybridized carbons (Fsp3) is 0.400. The van der Waals surface area contributed by atoms with Gasteiger partial charge in [0.15, 0.2) is 0 Å². The first-order valence-electron chi connectivity index (χ1n) is 11.2. The molecule has 0 radical (unpaired) electrons. The third-order valence-corrected chi connectivity index (χ3v) is 6.69. The number of amides is 3. The summed E-state index contributed by atoms with van der Waals surface area (Å²) in [5.74, 6) is -0.577. The molecule has 2 fully saturated rings. The monoisotopic (exact) mass is 471 g/mol. The lowest BCUT2D eigenvalue weighted by molar-refractivity contribution is -0.145. The van der Waals surface area contributed by atoms with Crippen molar-refractivity contribution in [1.29, 1.82) is 0 Å². The second kappa shape index (κ2) is 9.91. The van der Waals surface area contributed by atoms with Crippen LogP contribution in [0.25, 0.3) is 0 Å². The molecular formula is C25H27ClFN3O3. The molecule has 3 amide bonds. The lowest BCUT2D eigenvalue weighted by Crippen LogP contribution is -2.52. The minimum atomic E-state index is -0.468. The quantitative estimate of drug-likeness (QED) is 0.673. The van der Waals surface area contributed by atoms with Gasteiger partial charge in [-0.15, -0.1) is 0 Å². The van der Waals surface area contributed by atoms with Gasteiger partial charge in [-0.3, -0.25) is 14.4 Å². The van der Waals surface area contributed by atoms with E-state index < -0.39 is 5.54 Å². The molecule has 2 saturated heterocycles. The molecule has 1 unspecified atom stereocenters. The molecule has 2 aromatic rings. The van der Waals surface area contributed by atoms with Crippen molar-refractivity contribution in [3.63, 3.8) is 0 Å². The number of piperazine rings is 1. The molecule has 4 rings (SSSR count). The van der Waals surface area contributed by atoms with Gasteiger partial charge in [-0.2, -0.15) is 0 Å². The first kappa shape index (κ1) is 23.2. The van der Waals surface area contributed by atoms with Crippen molar-refractivity contribution in [2.75, 3.05) is 19.6 Å². The van der Waals surface area contributed by atoms with E-state index in [9.17, 15) is 18.8 Å².